The first-order valence-electron chi connectivity index (χ1n) is 7.54. The Labute approximate surface area is 158 Å². The Morgan fingerprint density at radius 2 is 2.35 bits per heavy atom. The molecule has 126 valence electrons. The van der Waals surface area contributed by atoms with Gasteiger partial charge >= 0.3 is 0 Å². The fourth-order valence-corrected chi connectivity index (χ4v) is 3.37. The van der Waals surface area contributed by atoms with Gasteiger partial charge in [0.25, 0.3) is 0 Å². The van der Waals surface area contributed by atoms with E-state index in [0.717, 1.165) is 18.7 Å². The zero-order valence-corrected chi connectivity index (χ0v) is 16.3. The molecular formula is C16H22FIN4S. The maximum Gasteiger partial charge on any atom is 0.191 e. The van der Waals surface area contributed by atoms with E-state index in [4.69, 9.17) is 5.26 Å². The molecule has 0 saturated carbocycles. The number of thioether (sulfide) groups is 1. The summed E-state index contributed by atoms with van der Waals surface area (Å²) in [4.78, 5) is 4.45. The third-order valence-corrected chi connectivity index (χ3v) is 4.64. The van der Waals surface area contributed by atoms with Crippen LogP contribution in [0.15, 0.2) is 23.2 Å². The van der Waals surface area contributed by atoms with Crippen LogP contribution in [-0.2, 0) is 6.54 Å². The molecule has 1 aromatic rings. The van der Waals surface area contributed by atoms with Crippen molar-refractivity contribution < 1.29 is 4.39 Å². The van der Waals surface area contributed by atoms with E-state index in [2.05, 4.69) is 15.6 Å². The van der Waals surface area contributed by atoms with Crippen LogP contribution >= 0.6 is 35.7 Å². The van der Waals surface area contributed by atoms with Gasteiger partial charge in [-0.25, -0.2) is 9.38 Å². The molecule has 1 unspecified atom stereocenters. The largest absolute Gasteiger partial charge is 0.357 e. The summed E-state index contributed by atoms with van der Waals surface area (Å²) >= 11 is 1.94. The molecule has 7 heteroatoms. The van der Waals surface area contributed by atoms with E-state index in [1.165, 1.54) is 24.3 Å². The summed E-state index contributed by atoms with van der Waals surface area (Å²) in [5.74, 6) is 2.67. The summed E-state index contributed by atoms with van der Waals surface area (Å²) < 4.78 is 13.8. The number of nitrogens with zero attached hydrogens (tertiary/aromatic N) is 2. The van der Waals surface area contributed by atoms with Crippen LogP contribution in [0, 0.1) is 17.1 Å². The second-order valence-electron chi connectivity index (χ2n) is 5.17. The summed E-state index contributed by atoms with van der Waals surface area (Å²) in [6.45, 7) is 2.98. The van der Waals surface area contributed by atoms with Gasteiger partial charge in [-0.05, 0) is 43.7 Å². The Hall–Kier alpha value is -1.01. The van der Waals surface area contributed by atoms with Crippen molar-refractivity contribution in [3.63, 3.8) is 0 Å². The third-order valence-electron chi connectivity index (χ3n) is 3.43. The van der Waals surface area contributed by atoms with Crippen molar-refractivity contribution in [3.8, 4) is 6.07 Å². The molecule has 1 aromatic carbocycles. The van der Waals surface area contributed by atoms with Gasteiger partial charge in [0, 0.05) is 23.9 Å². The number of nitriles is 1. The van der Waals surface area contributed by atoms with Crippen molar-refractivity contribution >= 4 is 41.7 Å². The molecule has 1 aliphatic rings. The minimum Gasteiger partial charge on any atom is -0.357 e. The van der Waals surface area contributed by atoms with Crippen LogP contribution in [0.5, 0.6) is 0 Å². The number of hydrogen-bond donors (Lipinski definition) is 2. The summed E-state index contributed by atoms with van der Waals surface area (Å²) in [5, 5.41) is 15.5. The average molecular weight is 448 g/mol. The molecule has 1 atom stereocenters. The van der Waals surface area contributed by atoms with Crippen molar-refractivity contribution in [2.75, 3.05) is 18.1 Å². The first kappa shape index (κ1) is 20.0. The Kier molecular flexibility index (Phi) is 9.33. The predicted octanol–water partition coefficient (Wildman–Crippen LogP) is 3.27. The molecule has 0 spiro atoms. The molecule has 2 rings (SSSR count). The predicted molar refractivity (Wildman–Crippen MR) is 105 cm³/mol. The summed E-state index contributed by atoms with van der Waals surface area (Å²) in [7, 11) is 0. The maximum absolute atomic E-state index is 13.8. The summed E-state index contributed by atoms with van der Waals surface area (Å²) in [6.07, 6.45) is 2.34. The Bertz CT molecular complexity index is 568. The molecule has 4 nitrogen and oxygen atoms in total. The highest BCUT2D eigenvalue weighted by atomic mass is 127. The van der Waals surface area contributed by atoms with Gasteiger partial charge in [-0.3, -0.25) is 0 Å². The van der Waals surface area contributed by atoms with Gasteiger partial charge in [0.1, 0.15) is 5.82 Å². The van der Waals surface area contributed by atoms with Crippen LogP contribution in [0.1, 0.15) is 30.9 Å². The third kappa shape index (κ3) is 6.55. The normalized spacial score (nSPS) is 17.8. The van der Waals surface area contributed by atoms with Crippen LogP contribution in [0.2, 0.25) is 0 Å². The van der Waals surface area contributed by atoms with Crippen LogP contribution in [0.25, 0.3) is 0 Å². The van der Waals surface area contributed by atoms with Gasteiger partial charge < -0.3 is 10.6 Å². The standard InChI is InChI=1S/C16H21FN4S.HI/c1-2-19-16(21-14-4-3-7-22-11-14)20-10-13-8-12(9-18)5-6-15(13)17;/h5-6,8,14H,2-4,7,10-11H2,1H3,(H2,19,20,21);1H. The zero-order valence-electron chi connectivity index (χ0n) is 13.1. The fraction of sp³-hybridized carbons (Fsp3) is 0.500. The van der Waals surface area contributed by atoms with E-state index in [1.807, 2.05) is 24.8 Å². The van der Waals surface area contributed by atoms with Gasteiger partial charge in [-0.15, -0.1) is 24.0 Å². The highest BCUT2D eigenvalue weighted by Gasteiger charge is 2.14. The molecule has 0 radical (unpaired) electrons. The number of rotatable bonds is 4. The van der Waals surface area contributed by atoms with Gasteiger partial charge in [-0.1, -0.05) is 0 Å². The van der Waals surface area contributed by atoms with Crippen LogP contribution < -0.4 is 10.6 Å². The monoisotopic (exact) mass is 448 g/mol. The van der Waals surface area contributed by atoms with Crippen LogP contribution in [-0.4, -0.2) is 30.1 Å². The van der Waals surface area contributed by atoms with Gasteiger partial charge in [-0.2, -0.15) is 17.0 Å². The van der Waals surface area contributed by atoms with Crippen molar-refractivity contribution in [1.29, 1.82) is 5.26 Å². The van der Waals surface area contributed by atoms with E-state index >= 15 is 0 Å². The van der Waals surface area contributed by atoms with Crippen molar-refractivity contribution in [2.24, 2.45) is 4.99 Å². The molecule has 1 fully saturated rings. The molecule has 0 bridgehead atoms. The molecule has 1 saturated heterocycles. The lowest BCUT2D eigenvalue weighted by Crippen LogP contribution is -2.45. The number of benzene rings is 1. The highest BCUT2D eigenvalue weighted by Crippen LogP contribution is 2.17. The number of aliphatic imine (C=N–C) groups is 1. The minimum absolute atomic E-state index is 0. The molecule has 1 heterocycles. The second kappa shape index (κ2) is 10.7. The Balaban J connectivity index is 0.00000264. The lowest BCUT2D eigenvalue weighted by atomic mass is 10.1. The Morgan fingerprint density at radius 1 is 1.52 bits per heavy atom. The number of halogens is 2. The topological polar surface area (TPSA) is 60.2 Å². The van der Waals surface area contributed by atoms with Gasteiger partial charge in [0.05, 0.1) is 18.2 Å². The lowest BCUT2D eigenvalue weighted by molar-refractivity contribution is 0.580. The number of nitrogens with one attached hydrogen (secondary N) is 2. The lowest BCUT2D eigenvalue weighted by Gasteiger charge is -2.24. The van der Waals surface area contributed by atoms with Gasteiger partial charge in [0.15, 0.2) is 5.96 Å². The van der Waals surface area contributed by atoms with E-state index in [0.29, 0.717) is 23.1 Å². The molecule has 1 aliphatic heterocycles. The van der Waals surface area contributed by atoms with E-state index in [9.17, 15) is 4.39 Å². The minimum atomic E-state index is -0.327. The molecule has 2 N–H and O–H groups in total. The van der Waals surface area contributed by atoms with Crippen molar-refractivity contribution in [1.82, 2.24) is 10.6 Å². The quantitative estimate of drug-likeness (QED) is 0.422. The maximum atomic E-state index is 13.8. The second-order valence-corrected chi connectivity index (χ2v) is 6.32. The Morgan fingerprint density at radius 3 is 3.00 bits per heavy atom. The van der Waals surface area contributed by atoms with Crippen molar-refractivity contribution in [3.05, 3.63) is 35.1 Å². The fourth-order valence-electron chi connectivity index (χ4n) is 2.30. The molecule has 0 aromatic heterocycles. The molecular weight excluding hydrogens is 426 g/mol. The van der Waals surface area contributed by atoms with E-state index < -0.39 is 0 Å². The van der Waals surface area contributed by atoms with Crippen molar-refractivity contribution in [2.45, 2.75) is 32.4 Å². The number of hydrogen-bond acceptors (Lipinski definition) is 3. The first-order valence-corrected chi connectivity index (χ1v) is 8.69. The average Bonchev–Trinajstić information content (AvgIpc) is 2.55. The SMILES string of the molecule is CCNC(=NCc1cc(C#N)ccc1F)NC1CCCSC1.I. The first-order chi connectivity index (χ1) is 10.7. The van der Waals surface area contributed by atoms with Crippen LogP contribution in [0.4, 0.5) is 4.39 Å². The zero-order chi connectivity index (χ0) is 15.8. The smallest absolute Gasteiger partial charge is 0.191 e. The van der Waals surface area contributed by atoms with Gasteiger partial charge in [0.2, 0.25) is 0 Å². The molecule has 23 heavy (non-hydrogen) atoms. The summed E-state index contributed by atoms with van der Waals surface area (Å²) in [5.41, 5.74) is 0.891. The van der Waals surface area contributed by atoms with Crippen LogP contribution in [0.3, 0.4) is 0 Å². The molecule has 0 aliphatic carbocycles. The number of guanidine groups is 1. The molecule has 0 amide bonds. The summed E-state index contributed by atoms with van der Waals surface area (Å²) in [6, 6.07) is 6.79. The highest BCUT2D eigenvalue weighted by molar-refractivity contribution is 14.0. The van der Waals surface area contributed by atoms with E-state index in [-0.39, 0.29) is 36.3 Å². The van der Waals surface area contributed by atoms with E-state index in [1.54, 1.807) is 6.07 Å².